The first-order valence-corrected chi connectivity index (χ1v) is 11.3. The van der Waals surface area contributed by atoms with Gasteiger partial charge in [-0.05, 0) is 43.7 Å². The molecule has 4 aromatic rings. The second-order valence-corrected chi connectivity index (χ2v) is 8.68. The number of nitrogens with zero attached hydrogens (tertiary/aromatic N) is 4. The average Bonchev–Trinajstić information content (AvgIpc) is 3.56. The maximum Gasteiger partial charge on any atom is 0.320 e. The number of hydrogen-bond donors (Lipinski definition) is 3. The van der Waals surface area contributed by atoms with Gasteiger partial charge in [-0.25, -0.2) is 18.3 Å². The first-order valence-electron chi connectivity index (χ1n) is 11.3. The van der Waals surface area contributed by atoms with Crippen LogP contribution in [-0.4, -0.2) is 45.1 Å². The van der Waals surface area contributed by atoms with Crippen LogP contribution in [0.15, 0.2) is 60.9 Å². The Bertz CT molecular complexity index is 1320. The van der Waals surface area contributed by atoms with E-state index in [1.54, 1.807) is 17.1 Å². The van der Waals surface area contributed by atoms with Crippen molar-refractivity contribution < 1.29 is 13.6 Å². The minimum absolute atomic E-state index is 0.331. The number of nitrogens with one attached hydrogen (secondary N) is 3. The number of aryl methyl sites for hydroxylation is 1. The van der Waals surface area contributed by atoms with Crippen molar-refractivity contribution in [3.05, 3.63) is 89.4 Å². The molecule has 5 rings (SSSR count). The first-order chi connectivity index (χ1) is 16.9. The molecule has 1 fully saturated rings. The Hall–Kier alpha value is -4.21. The summed E-state index contributed by atoms with van der Waals surface area (Å²) in [6.07, 6.45) is 3.42. The van der Waals surface area contributed by atoms with Crippen LogP contribution in [-0.2, 0) is 0 Å². The van der Waals surface area contributed by atoms with Gasteiger partial charge in [0.1, 0.15) is 17.5 Å². The number of anilines is 2. The third-order valence-electron chi connectivity index (χ3n) is 6.39. The normalized spacial score (nSPS) is 17.5. The van der Waals surface area contributed by atoms with Gasteiger partial charge < -0.3 is 10.2 Å². The number of carbonyl (C=O) groups excluding carboxylic acids is 1. The van der Waals surface area contributed by atoms with Gasteiger partial charge in [-0.2, -0.15) is 10.2 Å². The molecular weight excluding hydrogens is 452 g/mol. The third-order valence-corrected chi connectivity index (χ3v) is 6.39. The molecule has 0 spiro atoms. The van der Waals surface area contributed by atoms with Crippen LogP contribution in [0.25, 0.3) is 5.69 Å². The Morgan fingerprint density at radius 1 is 1.06 bits per heavy atom. The Morgan fingerprint density at radius 2 is 1.80 bits per heavy atom. The predicted molar refractivity (Wildman–Crippen MR) is 129 cm³/mol. The third kappa shape index (κ3) is 4.59. The van der Waals surface area contributed by atoms with Crippen LogP contribution in [0.5, 0.6) is 0 Å². The molecule has 3 N–H and O–H groups in total. The van der Waals surface area contributed by atoms with Crippen LogP contribution in [0.2, 0.25) is 0 Å². The number of halogens is 2. The summed E-state index contributed by atoms with van der Waals surface area (Å²) >= 11 is 0. The number of aromatic amines is 1. The Kier molecular flexibility index (Phi) is 5.94. The first kappa shape index (κ1) is 22.6. The van der Waals surface area contributed by atoms with E-state index >= 15 is 0 Å². The van der Waals surface area contributed by atoms with Crippen LogP contribution in [0.3, 0.4) is 0 Å². The number of aromatic nitrogens is 4. The fraction of sp³-hybridized carbons (Fsp3) is 0.240. The minimum atomic E-state index is -0.650. The second-order valence-electron chi connectivity index (χ2n) is 8.68. The average molecular weight is 478 g/mol. The fourth-order valence-electron chi connectivity index (χ4n) is 4.52. The van der Waals surface area contributed by atoms with Gasteiger partial charge in [0, 0.05) is 36.8 Å². The molecular formula is C25H25F2N7O. The molecule has 1 aliphatic rings. The molecule has 3 heterocycles. The lowest BCUT2D eigenvalue weighted by atomic mass is 9.94. The maximum atomic E-state index is 14.0. The number of rotatable bonds is 5. The number of carbonyl (C=O) groups is 1. The summed E-state index contributed by atoms with van der Waals surface area (Å²) in [4.78, 5) is 15.2. The largest absolute Gasteiger partial charge is 0.366 e. The van der Waals surface area contributed by atoms with Gasteiger partial charge >= 0.3 is 6.03 Å². The number of para-hydroxylation sites is 1. The molecule has 1 saturated heterocycles. The van der Waals surface area contributed by atoms with Gasteiger partial charge in [0.25, 0.3) is 0 Å². The van der Waals surface area contributed by atoms with Crippen LogP contribution < -0.4 is 15.5 Å². The van der Waals surface area contributed by atoms with Crippen molar-refractivity contribution in [3.63, 3.8) is 0 Å². The molecule has 35 heavy (non-hydrogen) atoms. The summed E-state index contributed by atoms with van der Waals surface area (Å²) in [5, 5.41) is 17.3. The number of hydrogen-bond acceptors (Lipinski definition) is 4. The summed E-state index contributed by atoms with van der Waals surface area (Å²) in [6, 6.07) is 12.2. The zero-order chi connectivity index (χ0) is 24.5. The molecule has 2 unspecified atom stereocenters. The van der Waals surface area contributed by atoms with Crippen LogP contribution in [0, 0.1) is 25.5 Å². The smallest absolute Gasteiger partial charge is 0.320 e. The topological polar surface area (TPSA) is 90.9 Å². The van der Waals surface area contributed by atoms with E-state index in [0.717, 1.165) is 28.7 Å². The monoisotopic (exact) mass is 477 g/mol. The lowest BCUT2D eigenvalue weighted by Crippen LogP contribution is -2.42. The number of amides is 2. The van der Waals surface area contributed by atoms with Crippen molar-refractivity contribution in [2.24, 2.45) is 0 Å². The zero-order valence-electron chi connectivity index (χ0n) is 19.3. The molecule has 0 aliphatic carbocycles. The van der Waals surface area contributed by atoms with E-state index < -0.39 is 23.7 Å². The van der Waals surface area contributed by atoms with Crippen LogP contribution >= 0.6 is 0 Å². The highest BCUT2D eigenvalue weighted by Gasteiger charge is 2.36. The quantitative estimate of drug-likeness (QED) is 0.400. The highest BCUT2D eigenvalue weighted by molar-refractivity contribution is 5.90. The van der Waals surface area contributed by atoms with Crippen LogP contribution in [0.4, 0.5) is 25.1 Å². The number of urea groups is 1. The van der Waals surface area contributed by atoms with Gasteiger partial charge in [0.05, 0.1) is 29.3 Å². The molecule has 2 atom stereocenters. The van der Waals surface area contributed by atoms with E-state index in [2.05, 4.69) is 25.9 Å². The molecule has 2 aromatic heterocycles. The summed E-state index contributed by atoms with van der Waals surface area (Å²) in [5.41, 5.74) is 3.79. The lowest BCUT2D eigenvalue weighted by molar-refractivity contribution is 0.248. The molecule has 180 valence electrons. The lowest BCUT2D eigenvalue weighted by Gasteiger charge is -2.21. The Balaban J connectivity index is 1.40. The zero-order valence-corrected chi connectivity index (χ0v) is 19.3. The van der Waals surface area contributed by atoms with E-state index in [4.69, 9.17) is 0 Å². The Labute approximate surface area is 201 Å². The van der Waals surface area contributed by atoms with Crippen molar-refractivity contribution in [3.8, 4) is 5.69 Å². The highest BCUT2D eigenvalue weighted by atomic mass is 19.1. The van der Waals surface area contributed by atoms with E-state index in [-0.39, 0.29) is 5.92 Å². The summed E-state index contributed by atoms with van der Waals surface area (Å²) in [5.74, 6) is -1.07. The number of H-pyrrole nitrogens is 1. The van der Waals surface area contributed by atoms with E-state index in [1.807, 2.05) is 49.1 Å². The van der Waals surface area contributed by atoms with Gasteiger partial charge in [0.2, 0.25) is 0 Å². The van der Waals surface area contributed by atoms with E-state index in [0.29, 0.717) is 24.5 Å². The van der Waals surface area contributed by atoms with Crippen molar-refractivity contribution in [2.75, 3.05) is 23.3 Å². The summed E-state index contributed by atoms with van der Waals surface area (Å²) in [7, 11) is 0. The molecule has 8 nitrogen and oxygen atoms in total. The Morgan fingerprint density at radius 3 is 2.49 bits per heavy atom. The summed E-state index contributed by atoms with van der Waals surface area (Å²) < 4.78 is 29.7. The van der Waals surface area contributed by atoms with Crippen molar-refractivity contribution >= 4 is 17.5 Å². The van der Waals surface area contributed by atoms with E-state index in [1.165, 1.54) is 12.1 Å². The molecule has 0 bridgehead atoms. The summed E-state index contributed by atoms with van der Waals surface area (Å²) in [6.45, 7) is 4.69. The fourth-order valence-corrected chi connectivity index (χ4v) is 4.52. The predicted octanol–water partition coefficient (Wildman–Crippen LogP) is 4.28. The van der Waals surface area contributed by atoms with Crippen LogP contribution in [0.1, 0.15) is 22.7 Å². The molecule has 1 aliphatic heterocycles. The second kappa shape index (κ2) is 9.21. The van der Waals surface area contributed by atoms with Gasteiger partial charge in [0.15, 0.2) is 0 Å². The van der Waals surface area contributed by atoms with Crippen molar-refractivity contribution in [2.45, 2.75) is 25.8 Å². The molecule has 0 radical (unpaired) electrons. The SMILES string of the molecule is Cc1nn(-c2ccccc2)c(NC(=O)NC2CN(c3cn[nH]c3)CC2c2cc(F)cc(F)c2)c1C. The van der Waals surface area contributed by atoms with Gasteiger partial charge in [-0.15, -0.1) is 0 Å². The van der Waals surface area contributed by atoms with Crippen molar-refractivity contribution in [1.82, 2.24) is 25.3 Å². The van der Waals surface area contributed by atoms with Gasteiger partial charge in [-0.1, -0.05) is 18.2 Å². The van der Waals surface area contributed by atoms with Gasteiger partial charge in [-0.3, -0.25) is 10.4 Å². The van der Waals surface area contributed by atoms with E-state index in [9.17, 15) is 13.6 Å². The molecule has 10 heteroatoms. The van der Waals surface area contributed by atoms with Crippen molar-refractivity contribution in [1.29, 1.82) is 0 Å². The highest BCUT2D eigenvalue weighted by Crippen LogP contribution is 2.32. The standard InChI is InChI=1S/C25H25F2N7O/c1-15-16(2)32-34(20-6-4-3-5-7-20)24(15)31-25(35)30-23-14-33(21-11-28-29-12-21)13-22(23)17-8-18(26)10-19(27)9-17/h3-12,22-23H,13-14H2,1-2H3,(H,28,29)(H2,30,31,35). The minimum Gasteiger partial charge on any atom is -0.366 e. The number of benzene rings is 2. The maximum absolute atomic E-state index is 14.0. The molecule has 2 aromatic carbocycles. The molecule has 2 amide bonds. The molecule has 0 saturated carbocycles.